The molecule has 0 bridgehead atoms. The summed E-state index contributed by atoms with van der Waals surface area (Å²) in [7, 11) is 0. The predicted molar refractivity (Wildman–Crippen MR) is 53.6 cm³/mol. The zero-order chi connectivity index (χ0) is 9.97. The number of nitrogens with zero attached hydrogens (tertiary/aromatic N) is 2. The average molecular weight is 190 g/mol. The highest BCUT2D eigenvalue weighted by atomic mass is 16.2. The van der Waals surface area contributed by atoms with E-state index < -0.39 is 0 Å². The molecule has 1 aliphatic heterocycles. The molecule has 3 heteroatoms. The van der Waals surface area contributed by atoms with E-state index in [0.717, 1.165) is 18.7 Å². The van der Waals surface area contributed by atoms with E-state index in [2.05, 4.69) is 4.98 Å². The summed E-state index contributed by atoms with van der Waals surface area (Å²) in [5.74, 6) is 0.253. The summed E-state index contributed by atoms with van der Waals surface area (Å²) in [6.07, 6.45) is 3.35. The molecule has 0 saturated carbocycles. The van der Waals surface area contributed by atoms with Crippen molar-refractivity contribution in [3.05, 3.63) is 30.1 Å². The maximum atomic E-state index is 11.5. The van der Waals surface area contributed by atoms with Crippen molar-refractivity contribution in [2.45, 2.75) is 25.8 Å². The van der Waals surface area contributed by atoms with Crippen molar-refractivity contribution in [2.24, 2.45) is 0 Å². The SMILES string of the molecule is CCN1C(=O)CC[C@H]1c1ccccn1. The molecule has 1 aromatic heterocycles. The van der Waals surface area contributed by atoms with E-state index in [4.69, 9.17) is 0 Å². The Balaban J connectivity index is 2.23. The molecule has 2 heterocycles. The van der Waals surface area contributed by atoms with E-state index >= 15 is 0 Å². The molecule has 0 aromatic carbocycles. The van der Waals surface area contributed by atoms with Gasteiger partial charge in [-0.05, 0) is 25.5 Å². The van der Waals surface area contributed by atoms with E-state index in [1.165, 1.54) is 0 Å². The molecule has 14 heavy (non-hydrogen) atoms. The van der Waals surface area contributed by atoms with Gasteiger partial charge in [-0.25, -0.2) is 0 Å². The molecular weight excluding hydrogens is 176 g/mol. The van der Waals surface area contributed by atoms with Crippen LogP contribution in [0.2, 0.25) is 0 Å². The third-order valence-corrected chi connectivity index (χ3v) is 2.70. The topological polar surface area (TPSA) is 33.2 Å². The van der Waals surface area contributed by atoms with Gasteiger partial charge in [0.1, 0.15) is 0 Å². The van der Waals surface area contributed by atoms with Crippen LogP contribution in [0, 0.1) is 0 Å². The molecule has 1 aliphatic rings. The summed E-state index contributed by atoms with van der Waals surface area (Å²) in [5.41, 5.74) is 1.01. The third kappa shape index (κ3) is 1.50. The molecule has 0 radical (unpaired) electrons. The van der Waals surface area contributed by atoms with Gasteiger partial charge in [0.25, 0.3) is 0 Å². The van der Waals surface area contributed by atoms with Crippen molar-refractivity contribution in [3.8, 4) is 0 Å². The first-order chi connectivity index (χ1) is 6.83. The van der Waals surface area contributed by atoms with Crippen LogP contribution in [0.5, 0.6) is 0 Å². The second kappa shape index (κ2) is 3.78. The lowest BCUT2D eigenvalue weighted by Gasteiger charge is -2.22. The molecule has 74 valence electrons. The highest BCUT2D eigenvalue weighted by Gasteiger charge is 2.31. The van der Waals surface area contributed by atoms with Gasteiger partial charge in [0, 0.05) is 19.2 Å². The minimum absolute atomic E-state index is 0.203. The third-order valence-electron chi connectivity index (χ3n) is 2.70. The van der Waals surface area contributed by atoms with Gasteiger partial charge in [0.2, 0.25) is 5.91 Å². The van der Waals surface area contributed by atoms with E-state index in [1.54, 1.807) is 6.20 Å². The van der Waals surface area contributed by atoms with Crippen LogP contribution in [0.15, 0.2) is 24.4 Å². The fourth-order valence-electron chi connectivity index (χ4n) is 2.01. The zero-order valence-electron chi connectivity index (χ0n) is 8.31. The van der Waals surface area contributed by atoms with Crippen LogP contribution < -0.4 is 0 Å². The summed E-state index contributed by atoms with van der Waals surface area (Å²) in [6, 6.07) is 6.07. The maximum absolute atomic E-state index is 11.5. The number of hydrogen-bond donors (Lipinski definition) is 0. The van der Waals surface area contributed by atoms with Gasteiger partial charge in [-0.15, -0.1) is 0 Å². The smallest absolute Gasteiger partial charge is 0.223 e. The van der Waals surface area contributed by atoms with Gasteiger partial charge in [0.05, 0.1) is 11.7 Å². The molecule has 2 rings (SSSR count). The van der Waals surface area contributed by atoms with Gasteiger partial charge in [-0.2, -0.15) is 0 Å². The number of carbonyl (C=O) groups is 1. The molecule has 0 unspecified atom stereocenters. The summed E-state index contributed by atoms with van der Waals surface area (Å²) in [6.45, 7) is 2.79. The van der Waals surface area contributed by atoms with Crippen molar-refractivity contribution in [1.29, 1.82) is 0 Å². The zero-order valence-corrected chi connectivity index (χ0v) is 8.31. The van der Waals surface area contributed by atoms with Gasteiger partial charge < -0.3 is 4.90 Å². The second-order valence-electron chi connectivity index (χ2n) is 3.49. The lowest BCUT2D eigenvalue weighted by molar-refractivity contribution is -0.128. The van der Waals surface area contributed by atoms with Crippen molar-refractivity contribution < 1.29 is 4.79 Å². The first kappa shape index (κ1) is 9.19. The van der Waals surface area contributed by atoms with Gasteiger partial charge in [-0.1, -0.05) is 6.07 Å². The number of rotatable bonds is 2. The Morgan fingerprint density at radius 3 is 3.07 bits per heavy atom. The van der Waals surface area contributed by atoms with E-state index in [9.17, 15) is 4.79 Å². The largest absolute Gasteiger partial charge is 0.334 e. The van der Waals surface area contributed by atoms with Gasteiger partial charge >= 0.3 is 0 Å². The highest BCUT2D eigenvalue weighted by molar-refractivity contribution is 5.78. The monoisotopic (exact) mass is 190 g/mol. The van der Waals surface area contributed by atoms with E-state index in [-0.39, 0.29) is 11.9 Å². The number of amides is 1. The Hall–Kier alpha value is -1.38. The Kier molecular flexibility index (Phi) is 2.48. The quantitative estimate of drug-likeness (QED) is 0.712. The van der Waals surface area contributed by atoms with Crippen LogP contribution in [0.25, 0.3) is 0 Å². The van der Waals surface area contributed by atoms with Crippen LogP contribution in [-0.2, 0) is 4.79 Å². The summed E-state index contributed by atoms with van der Waals surface area (Å²) in [4.78, 5) is 17.7. The maximum Gasteiger partial charge on any atom is 0.223 e. The summed E-state index contributed by atoms with van der Waals surface area (Å²) in [5, 5.41) is 0. The highest BCUT2D eigenvalue weighted by Crippen LogP contribution is 2.30. The predicted octanol–water partition coefficient (Wildman–Crippen LogP) is 1.77. The first-order valence-electron chi connectivity index (χ1n) is 5.03. The van der Waals surface area contributed by atoms with E-state index in [0.29, 0.717) is 6.42 Å². The normalized spacial score (nSPS) is 21.6. The standard InChI is InChI=1S/C11H14N2O/c1-2-13-10(6-7-11(13)14)9-5-3-4-8-12-9/h3-5,8,10H,2,6-7H2,1H3/t10-/m0/s1. The number of carbonyl (C=O) groups excluding carboxylic acids is 1. The Bertz CT molecular complexity index is 323. The molecular formula is C11H14N2O. The number of hydrogen-bond acceptors (Lipinski definition) is 2. The lowest BCUT2D eigenvalue weighted by atomic mass is 10.1. The fourth-order valence-corrected chi connectivity index (χ4v) is 2.01. The molecule has 0 N–H and O–H groups in total. The van der Waals surface area contributed by atoms with Crippen molar-refractivity contribution in [1.82, 2.24) is 9.88 Å². The first-order valence-corrected chi connectivity index (χ1v) is 5.03. The number of likely N-dealkylation sites (tertiary alicyclic amines) is 1. The van der Waals surface area contributed by atoms with Crippen LogP contribution in [0.4, 0.5) is 0 Å². The molecule has 1 fully saturated rings. The van der Waals surface area contributed by atoms with Gasteiger partial charge in [0.15, 0.2) is 0 Å². The van der Waals surface area contributed by atoms with Crippen molar-refractivity contribution >= 4 is 5.91 Å². The lowest BCUT2D eigenvalue weighted by Crippen LogP contribution is -2.27. The van der Waals surface area contributed by atoms with Crippen molar-refractivity contribution in [2.75, 3.05) is 6.54 Å². The average Bonchev–Trinajstić information content (AvgIpc) is 2.61. The van der Waals surface area contributed by atoms with Gasteiger partial charge in [-0.3, -0.25) is 9.78 Å². The minimum atomic E-state index is 0.203. The molecule has 1 aromatic rings. The number of pyridine rings is 1. The van der Waals surface area contributed by atoms with Crippen LogP contribution >= 0.6 is 0 Å². The fraction of sp³-hybridized carbons (Fsp3) is 0.455. The Morgan fingerprint density at radius 1 is 1.57 bits per heavy atom. The molecule has 1 atom stereocenters. The number of aromatic nitrogens is 1. The van der Waals surface area contributed by atoms with Crippen LogP contribution in [-0.4, -0.2) is 22.3 Å². The molecule has 0 aliphatic carbocycles. The minimum Gasteiger partial charge on any atom is -0.334 e. The summed E-state index contributed by atoms with van der Waals surface area (Å²) < 4.78 is 0. The second-order valence-corrected chi connectivity index (χ2v) is 3.49. The molecule has 1 amide bonds. The summed E-state index contributed by atoms with van der Waals surface area (Å²) >= 11 is 0. The molecule has 1 saturated heterocycles. The van der Waals surface area contributed by atoms with Crippen LogP contribution in [0.3, 0.4) is 0 Å². The molecule has 0 spiro atoms. The Labute approximate surface area is 83.8 Å². The van der Waals surface area contributed by atoms with Crippen LogP contribution in [0.1, 0.15) is 31.5 Å². The Morgan fingerprint density at radius 2 is 2.43 bits per heavy atom. The van der Waals surface area contributed by atoms with E-state index in [1.807, 2.05) is 30.0 Å². The molecule has 3 nitrogen and oxygen atoms in total. The van der Waals surface area contributed by atoms with Crippen molar-refractivity contribution in [3.63, 3.8) is 0 Å².